The molecule has 0 atom stereocenters. The monoisotopic (exact) mass is 379 g/mol. The molecule has 1 aliphatic carbocycles. The molecule has 0 aliphatic heterocycles. The second-order valence-corrected chi connectivity index (χ2v) is 7.00. The van der Waals surface area contributed by atoms with Crippen molar-refractivity contribution in [3.8, 4) is 11.1 Å². The Kier molecular flexibility index (Phi) is 4.06. The zero-order chi connectivity index (χ0) is 19.8. The van der Waals surface area contributed by atoms with Gasteiger partial charge >= 0.3 is 0 Å². The van der Waals surface area contributed by atoms with E-state index in [9.17, 15) is 9.59 Å². The van der Waals surface area contributed by atoms with Gasteiger partial charge in [0.25, 0.3) is 5.91 Å². The molecule has 0 fully saturated rings. The molecule has 1 aromatic heterocycles. The molecule has 1 N–H and O–H groups in total. The first-order valence-corrected chi connectivity index (χ1v) is 9.35. The van der Waals surface area contributed by atoms with Gasteiger partial charge in [-0.25, -0.2) is 0 Å². The Morgan fingerprint density at radius 3 is 2.41 bits per heavy atom. The van der Waals surface area contributed by atoms with Crippen LogP contribution >= 0.6 is 0 Å². The lowest BCUT2D eigenvalue weighted by molar-refractivity contribution is 0.102. The fourth-order valence-electron chi connectivity index (χ4n) is 3.66. The van der Waals surface area contributed by atoms with Crippen molar-refractivity contribution >= 4 is 17.4 Å². The minimum Gasteiger partial charge on any atom is -0.319 e. The molecule has 0 bridgehead atoms. The molecule has 5 rings (SSSR count). The summed E-state index contributed by atoms with van der Waals surface area (Å²) in [5.41, 5.74) is 5.23. The topological polar surface area (TPSA) is 64.0 Å². The summed E-state index contributed by atoms with van der Waals surface area (Å²) >= 11 is 0. The molecule has 0 saturated heterocycles. The van der Waals surface area contributed by atoms with E-state index in [-0.39, 0.29) is 11.7 Å². The molecule has 0 saturated carbocycles. The first-order chi connectivity index (χ1) is 14.2. The predicted molar refractivity (Wildman–Crippen MR) is 111 cm³/mol. The number of hydrogen-bond acceptors (Lipinski definition) is 3. The van der Waals surface area contributed by atoms with Gasteiger partial charge in [-0.05, 0) is 28.8 Å². The molecule has 1 amide bonds. The van der Waals surface area contributed by atoms with E-state index in [2.05, 4.69) is 10.4 Å². The summed E-state index contributed by atoms with van der Waals surface area (Å²) in [5, 5.41) is 7.16. The van der Waals surface area contributed by atoms with Crippen LogP contribution in [0.2, 0.25) is 0 Å². The number of benzene rings is 3. The summed E-state index contributed by atoms with van der Waals surface area (Å²) in [7, 11) is 0. The molecule has 29 heavy (non-hydrogen) atoms. The van der Waals surface area contributed by atoms with E-state index in [1.54, 1.807) is 29.2 Å². The lowest BCUT2D eigenvalue weighted by Crippen LogP contribution is -2.12. The first kappa shape index (κ1) is 17.1. The van der Waals surface area contributed by atoms with Crippen molar-refractivity contribution < 1.29 is 9.59 Å². The Balaban J connectivity index is 1.34. The maximum Gasteiger partial charge on any atom is 0.255 e. The molecular weight excluding hydrogens is 362 g/mol. The third kappa shape index (κ3) is 3.12. The summed E-state index contributed by atoms with van der Waals surface area (Å²) in [6.07, 6.45) is 3.41. The number of ketones is 1. The van der Waals surface area contributed by atoms with Gasteiger partial charge in [0.2, 0.25) is 0 Å². The van der Waals surface area contributed by atoms with E-state index < -0.39 is 0 Å². The molecule has 0 radical (unpaired) electrons. The maximum absolute atomic E-state index is 12.7. The van der Waals surface area contributed by atoms with E-state index in [4.69, 9.17) is 0 Å². The minimum atomic E-state index is -0.268. The average Bonchev–Trinajstić information content (AvgIpc) is 3.31. The third-order valence-corrected chi connectivity index (χ3v) is 5.07. The Morgan fingerprint density at radius 2 is 1.59 bits per heavy atom. The SMILES string of the molecule is O=C(Nc1cnn(Cc2ccccc2)c1)c1ccc2c(c1)C(=O)c1ccccc1-2. The number of nitrogens with zero attached hydrogens (tertiary/aromatic N) is 2. The number of hydrogen-bond donors (Lipinski definition) is 1. The minimum absolute atomic E-state index is 0.0408. The van der Waals surface area contributed by atoms with Crippen LogP contribution in [0, 0.1) is 0 Å². The zero-order valence-electron chi connectivity index (χ0n) is 15.5. The lowest BCUT2D eigenvalue weighted by atomic mass is 10.0. The standard InChI is InChI=1S/C24H17N3O2/c28-23-21-9-5-4-8-19(21)20-11-10-17(12-22(20)23)24(29)26-18-13-25-27(15-18)14-16-6-2-1-3-7-16/h1-13,15H,14H2,(H,26,29). The summed E-state index contributed by atoms with van der Waals surface area (Å²) in [6, 6.07) is 22.8. The van der Waals surface area contributed by atoms with Gasteiger partial charge in [-0.3, -0.25) is 14.3 Å². The summed E-state index contributed by atoms with van der Waals surface area (Å²) in [6.45, 7) is 0.627. The van der Waals surface area contributed by atoms with Crippen LogP contribution in [0.1, 0.15) is 31.8 Å². The number of rotatable bonds is 4. The number of carbonyl (C=O) groups is 2. The van der Waals surface area contributed by atoms with Crippen LogP contribution in [0.3, 0.4) is 0 Å². The Bertz CT molecular complexity index is 1240. The lowest BCUT2D eigenvalue weighted by Gasteiger charge is -2.05. The number of fused-ring (bicyclic) bond motifs is 3. The third-order valence-electron chi connectivity index (χ3n) is 5.07. The summed E-state index contributed by atoms with van der Waals surface area (Å²) in [4.78, 5) is 25.4. The van der Waals surface area contributed by atoms with E-state index in [0.717, 1.165) is 16.7 Å². The van der Waals surface area contributed by atoms with Crippen LogP contribution < -0.4 is 5.32 Å². The van der Waals surface area contributed by atoms with Gasteiger partial charge < -0.3 is 5.32 Å². The highest BCUT2D eigenvalue weighted by atomic mass is 16.1. The van der Waals surface area contributed by atoms with Gasteiger partial charge in [-0.15, -0.1) is 0 Å². The molecular formula is C24H17N3O2. The van der Waals surface area contributed by atoms with Gasteiger partial charge in [0, 0.05) is 22.9 Å². The summed E-state index contributed by atoms with van der Waals surface area (Å²) < 4.78 is 1.77. The van der Waals surface area contributed by atoms with Crippen molar-refractivity contribution in [3.05, 3.63) is 107 Å². The fourth-order valence-corrected chi connectivity index (χ4v) is 3.66. The van der Waals surface area contributed by atoms with Gasteiger partial charge in [0.05, 0.1) is 18.4 Å². The Hall–Kier alpha value is -3.99. The van der Waals surface area contributed by atoms with Gasteiger partial charge in [0.1, 0.15) is 0 Å². The summed E-state index contributed by atoms with van der Waals surface area (Å²) in [5.74, 6) is -0.309. The zero-order valence-corrected chi connectivity index (χ0v) is 15.5. The van der Waals surface area contributed by atoms with E-state index in [1.807, 2.05) is 60.7 Å². The van der Waals surface area contributed by atoms with Crippen LogP contribution in [-0.2, 0) is 6.54 Å². The van der Waals surface area contributed by atoms with Gasteiger partial charge in [-0.1, -0.05) is 60.7 Å². The van der Waals surface area contributed by atoms with Gasteiger partial charge in [0.15, 0.2) is 5.78 Å². The number of amides is 1. The highest BCUT2D eigenvalue weighted by molar-refractivity contribution is 6.22. The van der Waals surface area contributed by atoms with E-state index in [0.29, 0.717) is 28.9 Å². The molecule has 0 unspecified atom stereocenters. The molecule has 1 aliphatic rings. The average molecular weight is 379 g/mol. The Labute approximate surface area is 167 Å². The van der Waals surface area contributed by atoms with Crippen molar-refractivity contribution in [2.24, 2.45) is 0 Å². The highest BCUT2D eigenvalue weighted by Crippen LogP contribution is 2.36. The molecule has 5 heteroatoms. The van der Waals surface area contributed by atoms with Crippen molar-refractivity contribution in [3.63, 3.8) is 0 Å². The Morgan fingerprint density at radius 1 is 0.862 bits per heavy atom. The number of aromatic nitrogens is 2. The van der Waals surface area contributed by atoms with Crippen molar-refractivity contribution in [2.45, 2.75) is 6.54 Å². The van der Waals surface area contributed by atoms with Crippen molar-refractivity contribution in [2.75, 3.05) is 5.32 Å². The predicted octanol–water partition coefficient (Wildman–Crippen LogP) is 4.40. The number of anilines is 1. The van der Waals surface area contributed by atoms with E-state index in [1.165, 1.54) is 0 Å². The van der Waals surface area contributed by atoms with Crippen LogP contribution in [-0.4, -0.2) is 21.5 Å². The largest absolute Gasteiger partial charge is 0.319 e. The molecule has 3 aromatic carbocycles. The van der Waals surface area contributed by atoms with Crippen LogP contribution in [0.25, 0.3) is 11.1 Å². The normalized spacial score (nSPS) is 11.8. The quantitative estimate of drug-likeness (QED) is 0.504. The number of carbonyl (C=O) groups excluding carboxylic acids is 2. The maximum atomic E-state index is 12.7. The molecule has 1 heterocycles. The van der Waals surface area contributed by atoms with Crippen molar-refractivity contribution in [1.29, 1.82) is 0 Å². The first-order valence-electron chi connectivity index (χ1n) is 9.35. The van der Waals surface area contributed by atoms with Crippen LogP contribution in [0.15, 0.2) is 85.2 Å². The van der Waals surface area contributed by atoms with Crippen LogP contribution in [0.4, 0.5) is 5.69 Å². The fraction of sp³-hybridized carbons (Fsp3) is 0.0417. The number of nitrogens with one attached hydrogen (secondary N) is 1. The van der Waals surface area contributed by atoms with E-state index >= 15 is 0 Å². The molecule has 5 nitrogen and oxygen atoms in total. The molecule has 4 aromatic rings. The molecule has 140 valence electrons. The second-order valence-electron chi connectivity index (χ2n) is 7.00. The smallest absolute Gasteiger partial charge is 0.255 e. The molecule has 0 spiro atoms. The van der Waals surface area contributed by atoms with Gasteiger partial charge in [-0.2, -0.15) is 5.10 Å². The highest BCUT2D eigenvalue weighted by Gasteiger charge is 2.27. The second kappa shape index (κ2) is 6.87. The van der Waals surface area contributed by atoms with Crippen LogP contribution in [0.5, 0.6) is 0 Å². The van der Waals surface area contributed by atoms with Crippen molar-refractivity contribution in [1.82, 2.24) is 9.78 Å².